The monoisotopic (exact) mass is 530 g/mol. The first-order valence-corrected chi connectivity index (χ1v) is 12.8. The zero-order valence-corrected chi connectivity index (χ0v) is 20.5. The fraction of sp³-hybridized carbons (Fsp3) is 0.750. The SMILES string of the molecule is CNC(c1cn2nc(CC3CC(C(F)(F)F)CNC3=O)c(C3CCOC3)nc2n1)C1CCC(F)(F)CC1. The topological polar surface area (TPSA) is 93.4 Å². The Morgan fingerprint density at radius 1 is 1.24 bits per heavy atom. The Bertz CT molecular complexity index is 1120. The number of imidazole rings is 1. The number of carbonyl (C=O) groups excluding carboxylic acids is 1. The summed E-state index contributed by atoms with van der Waals surface area (Å²) in [6.07, 6.45) is -1.92. The molecule has 37 heavy (non-hydrogen) atoms. The number of ether oxygens (including phenoxy) is 1. The first kappa shape index (κ1) is 26.2. The molecule has 0 aromatic carbocycles. The highest BCUT2D eigenvalue weighted by Gasteiger charge is 2.45. The van der Waals surface area contributed by atoms with E-state index >= 15 is 0 Å². The van der Waals surface area contributed by atoms with E-state index in [4.69, 9.17) is 9.72 Å². The number of hydrogen-bond acceptors (Lipinski definition) is 6. The molecule has 2 N–H and O–H groups in total. The molecular weight excluding hydrogens is 499 g/mol. The summed E-state index contributed by atoms with van der Waals surface area (Å²) in [5, 5.41) is 10.3. The Kier molecular flexibility index (Phi) is 7.12. The van der Waals surface area contributed by atoms with Crippen molar-refractivity contribution in [2.75, 3.05) is 26.8 Å². The van der Waals surface area contributed by atoms with Crippen LogP contribution in [0.15, 0.2) is 6.20 Å². The number of nitrogens with zero attached hydrogens (tertiary/aromatic N) is 4. The fourth-order valence-electron chi connectivity index (χ4n) is 5.84. The fourth-order valence-corrected chi connectivity index (χ4v) is 5.84. The van der Waals surface area contributed by atoms with Crippen LogP contribution in [-0.2, 0) is 16.0 Å². The maximum atomic E-state index is 13.7. The van der Waals surface area contributed by atoms with Crippen molar-refractivity contribution in [1.82, 2.24) is 30.2 Å². The molecule has 5 rings (SSSR count). The summed E-state index contributed by atoms with van der Waals surface area (Å²) >= 11 is 0. The van der Waals surface area contributed by atoms with Gasteiger partial charge in [0.15, 0.2) is 0 Å². The maximum Gasteiger partial charge on any atom is 0.393 e. The highest BCUT2D eigenvalue weighted by Crippen LogP contribution is 2.41. The predicted octanol–water partition coefficient (Wildman–Crippen LogP) is 3.57. The van der Waals surface area contributed by atoms with Crippen molar-refractivity contribution >= 4 is 11.7 Å². The number of rotatable bonds is 6. The molecule has 3 aliphatic rings. The van der Waals surface area contributed by atoms with Gasteiger partial charge in [-0.25, -0.2) is 23.3 Å². The summed E-state index contributed by atoms with van der Waals surface area (Å²) in [6, 6.07) is -0.266. The second-order valence-electron chi connectivity index (χ2n) is 10.5. The van der Waals surface area contributed by atoms with E-state index in [1.807, 2.05) is 0 Å². The molecule has 3 fully saturated rings. The van der Waals surface area contributed by atoms with Crippen LogP contribution in [0.2, 0.25) is 0 Å². The van der Waals surface area contributed by atoms with Crippen LogP contribution >= 0.6 is 0 Å². The molecular formula is C24H31F5N6O2. The van der Waals surface area contributed by atoms with Crippen LogP contribution in [0.1, 0.15) is 67.6 Å². The number of nitrogens with one attached hydrogen (secondary N) is 2. The lowest BCUT2D eigenvalue weighted by Gasteiger charge is -2.32. The van der Waals surface area contributed by atoms with Gasteiger partial charge in [0.05, 0.1) is 41.8 Å². The summed E-state index contributed by atoms with van der Waals surface area (Å²) in [6.45, 7) is 0.518. The zero-order valence-electron chi connectivity index (χ0n) is 20.5. The standard InChI is InChI=1S/C24H31F5N6O2/c1-30-19(13-2-5-23(25,26)6-3-13)18-11-35-22(32-18)33-20(14-4-7-37-12-14)17(34-35)9-15-8-16(24(27,28)29)10-31-21(15)36/h11,13-16,19,30H,2-10,12H2,1H3,(H,31,36). The highest BCUT2D eigenvalue weighted by atomic mass is 19.4. The molecule has 4 unspecified atom stereocenters. The molecule has 4 heterocycles. The van der Waals surface area contributed by atoms with Gasteiger partial charge in [0.2, 0.25) is 11.8 Å². The molecule has 2 saturated heterocycles. The molecule has 8 nitrogen and oxygen atoms in total. The van der Waals surface area contributed by atoms with E-state index in [0.717, 1.165) is 0 Å². The molecule has 0 spiro atoms. The molecule has 1 amide bonds. The average Bonchev–Trinajstić information content (AvgIpc) is 3.50. The van der Waals surface area contributed by atoms with E-state index in [-0.39, 0.29) is 43.6 Å². The quantitative estimate of drug-likeness (QED) is 0.555. The number of fused-ring (bicyclic) bond motifs is 1. The lowest BCUT2D eigenvalue weighted by atomic mass is 9.81. The molecule has 1 saturated carbocycles. The summed E-state index contributed by atoms with van der Waals surface area (Å²) in [4.78, 5) is 21.9. The Labute approximate surface area is 210 Å². The van der Waals surface area contributed by atoms with E-state index in [9.17, 15) is 26.7 Å². The second-order valence-corrected chi connectivity index (χ2v) is 10.5. The highest BCUT2D eigenvalue weighted by molar-refractivity contribution is 5.79. The predicted molar refractivity (Wildman–Crippen MR) is 122 cm³/mol. The van der Waals surface area contributed by atoms with Gasteiger partial charge in [-0.3, -0.25) is 4.79 Å². The molecule has 2 aliphatic heterocycles. The molecule has 2 aromatic heterocycles. The van der Waals surface area contributed by atoms with Gasteiger partial charge >= 0.3 is 6.18 Å². The van der Waals surface area contributed by atoms with Crippen molar-refractivity contribution in [3.63, 3.8) is 0 Å². The van der Waals surface area contributed by atoms with Crippen molar-refractivity contribution in [1.29, 1.82) is 0 Å². The van der Waals surface area contributed by atoms with Crippen molar-refractivity contribution in [2.24, 2.45) is 17.8 Å². The van der Waals surface area contributed by atoms with Crippen LogP contribution in [0.4, 0.5) is 22.0 Å². The van der Waals surface area contributed by atoms with Gasteiger partial charge in [-0.05, 0) is 38.6 Å². The van der Waals surface area contributed by atoms with Gasteiger partial charge in [-0.1, -0.05) is 0 Å². The zero-order chi connectivity index (χ0) is 26.4. The lowest BCUT2D eigenvalue weighted by molar-refractivity contribution is -0.183. The molecule has 0 bridgehead atoms. The molecule has 2 aromatic rings. The van der Waals surface area contributed by atoms with E-state index in [1.54, 1.807) is 13.2 Å². The number of alkyl halides is 5. The Morgan fingerprint density at radius 3 is 2.65 bits per heavy atom. The third-order valence-corrected chi connectivity index (χ3v) is 7.98. The number of aromatic nitrogens is 4. The molecule has 0 radical (unpaired) electrons. The van der Waals surface area contributed by atoms with Crippen LogP contribution in [-0.4, -0.2) is 64.4 Å². The van der Waals surface area contributed by atoms with Crippen molar-refractivity contribution in [3.8, 4) is 0 Å². The third-order valence-electron chi connectivity index (χ3n) is 7.98. The normalized spacial score (nSPS) is 27.9. The van der Waals surface area contributed by atoms with Gasteiger partial charge in [0.25, 0.3) is 5.78 Å². The Morgan fingerprint density at radius 2 is 2.00 bits per heavy atom. The Balaban J connectivity index is 1.45. The van der Waals surface area contributed by atoms with Gasteiger partial charge in [-0.2, -0.15) is 18.3 Å². The minimum Gasteiger partial charge on any atom is -0.381 e. The van der Waals surface area contributed by atoms with Gasteiger partial charge in [0, 0.05) is 44.2 Å². The van der Waals surface area contributed by atoms with Crippen molar-refractivity contribution in [2.45, 2.75) is 69.0 Å². The molecule has 4 atom stereocenters. The van der Waals surface area contributed by atoms with E-state index in [2.05, 4.69) is 20.7 Å². The minimum absolute atomic E-state index is 0.0217. The molecule has 13 heteroatoms. The van der Waals surface area contributed by atoms with Crippen LogP contribution in [0.25, 0.3) is 5.78 Å². The summed E-state index contributed by atoms with van der Waals surface area (Å²) in [7, 11) is 1.76. The smallest absolute Gasteiger partial charge is 0.381 e. The number of carbonyl (C=O) groups is 1. The van der Waals surface area contributed by atoms with Crippen molar-refractivity contribution in [3.05, 3.63) is 23.3 Å². The Hall–Kier alpha value is -2.41. The summed E-state index contributed by atoms with van der Waals surface area (Å²) in [5.41, 5.74) is 1.66. The number of hydrogen-bond donors (Lipinski definition) is 2. The van der Waals surface area contributed by atoms with Crippen LogP contribution in [0, 0.1) is 17.8 Å². The lowest BCUT2D eigenvalue weighted by Crippen LogP contribution is -2.47. The molecule has 1 aliphatic carbocycles. The van der Waals surface area contributed by atoms with Crippen LogP contribution in [0.3, 0.4) is 0 Å². The maximum absolute atomic E-state index is 13.7. The van der Waals surface area contributed by atoms with Crippen LogP contribution in [0.5, 0.6) is 0 Å². The van der Waals surface area contributed by atoms with Gasteiger partial charge in [0.1, 0.15) is 0 Å². The largest absolute Gasteiger partial charge is 0.393 e. The summed E-state index contributed by atoms with van der Waals surface area (Å²) < 4.78 is 74.5. The minimum atomic E-state index is -4.39. The first-order chi connectivity index (χ1) is 17.5. The third kappa shape index (κ3) is 5.57. The van der Waals surface area contributed by atoms with Gasteiger partial charge in [-0.15, -0.1) is 0 Å². The van der Waals surface area contributed by atoms with Gasteiger partial charge < -0.3 is 15.4 Å². The van der Waals surface area contributed by atoms with E-state index in [1.165, 1.54) is 4.52 Å². The van der Waals surface area contributed by atoms with E-state index in [0.29, 0.717) is 55.3 Å². The molecule has 204 valence electrons. The average molecular weight is 531 g/mol. The number of halogens is 5. The van der Waals surface area contributed by atoms with Crippen molar-refractivity contribution < 1.29 is 31.5 Å². The summed E-state index contributed by atoms with van der Waals surface area (Å²) in [5.74, 6) is -5.36. The first-order valence-electron chi connectivity index (χ1n) is 12.8. The number of amides is 1. The number of piperidine rings is 1. The second kappa shape index (κ2) is 10.0. The van der Waals surface area contributed by atoms with E-state index < -0.39 is 36.4 Å². The van der Waals surface area contributed by atoms with Crippen LogP contribution < -0.4 is 10.6 Å².